The molecule has 0 saturated carbocycles. The van der Waals surface area contributed by atoms with Gasteiger partial charge in [0.2, 0.25) is 5.79 Å². The summed E-state index contributed by atoms with van der Waals surface area (Å²) < 4.78 is 20.9. The molecule has 7 N–H and O–H groups in total. The van der Waals surface area contributed by atoms with Crippen molar-refractivity contribution in [3.63, 3.8) is 0 Å². The van der Waals surface area contributed by atoms with Gasteiger partial charge in [0.15, 0.2) is 6.29 Å². The largest absolute Gasteiger partial charge is 0.459 e. The Morgan fingerprint density at radius 1 is 1.03 bits per heavy atom. The predicted molar refractivity (Wildman–Crippen MR) is 91.9 cm³/mol. The SMILES string of the molecule is CC=C(C)C(=O)OC[C@H]1O[C@H](O[C@]2(CO)O[C@H](CO)[C@@H](O)[C@@H]2O)[C@H](O)[C@@H](O)[C@@H]1O. The second-order valence-electron chi connectivity index (χ2n) is 6.95. The molecule has 168 valence electrons. The molecule has 0 spiro atoms. The Hall–Kier alpha value is -1.19. The lowest BCUT2D eigenvalue weighted by Gasteiger charge is -2.43. The van der Waals surface area contributed by atoms with E-state index in [9.17, 15) is 40.5 Å². The average Bonchev–Trinajstić information content (AvgIpc) is 2.97. The molecule has 2 aliphatic heterocycles. The summed E-state index contributed by atoms with van der Waals surface area (Å²) in [5.74, 6) is -2.96. The maximum Gasteiger partial charge on any atom is 0.333 e. The minimum absolute atomic E-state index is 0.300. The van der Waals surface area contributed by atoms with Crippen molar-refractivity contribution in [2.75, 3.05) is 19.8 Å². The van der Waals surface area contributed by atoms with E-state index in [1.807, 2.05) is 0 Å². The third kappa shape index (κ3) is 4.77. The van der Waals surface area contributed by atoms with Gasteiger partial charge in [0, 0.05) is 5.57 Å². The van der Waals surface area contributed by atoms with Gasteiger partial charge in [0.05, 0.1) is 6.61 Å². The van der Waals surface area contributed by atoms with Crippen molar-refractivity contribution in [3.05, 3.63) is 11.6 Å². The van der Waals surface area contributed by atoms with E-state index < -0.39 is 80.6 Å². The van der Waals surface area contributed by atoms with Crippen molar-refractivity contribution in [1.82, 2.24) is 0 Å². The molecule has 9 atom stereocenters. The molecule has 2 rings (SSSR count). The monoisotopic (exact) mass is 424 g/mol. The molecule has 12 heteroatoms. The fraction of sp³-hybridized carbons (Fsp3) is 0.824. The smallest absolute Gasteiger partial charge is 0.333 e. The first-order valence-corrected chi connectivity index (χ1v) is 9.05. The molecule has 2 saturated heterocycles. The highest BCUT2D eigenvalue weighted by molar-refractivity contribution is 5.87. The molecule has 29 heavy (non-hydrogen) atoms. The number of carbonyl (C=O) groups excluding carboxylic acids is 1. The maximum atomic E-state index is 11.8. The Labute approximate surface area is 166 Å². The van der Waals surface area contributed by atoms with Gasteiger partial charge in [0.25, 0.3) is 0 Å². The number of ether oxygens (including phenoxy) is 4. The molecule has 0 aliphatic carbocycles. The molecule has 0 amide bonds. The van der Waals surface area contributed by atoms with Crippen molar-refractivity contribution in [3.8, 4) is 0 Å². The Kier molecular flexibility index (Phi) is 8.09. The van der Waals surface area contributed by atoms with Crippen LogP contribution in [0.3, 0.4) is 0 Å². The Balaban J connectivity index is 2.13. The second kappa shape index (κ2) is 9.75. The van der Waals surface area contributed by atoms with Crippen LogP contribution in [0.5, 0.6) is 0 Å². The number of hydrogen-bond donors (Lipinski definition) is 7. The Morgan fingerprint density at radius 2 is 1.69 bits per heavy atom. The summed E-state index contributed by atoms with van der Waals surface area (Å²) in [5, 5.41) is 69.3. The third-order valence-electron chi connectivity index (χ3n) is 5.02. The van der Waals surface area contributed by atoms with E-state index in [1.54, 1.807) is 6.92 Å². The highest BCUT2D eigenvalue weighted by Gasteiger charge is 2.58. The normalized spacial score (nSPS) is 43.4. The summed E-state index contributed by atoms with van der Waals surface area (Å²) in [6, 6.07) is 0. The topological polar surface area (TPSA) is 196 Å². The number of esters is 1. The molecule has 0 radical (unpaired) electrons. The summed E-state index contributed by atoms with van der Waals surface area (Å²) in [7, 11) is 0. The number of rotatable bonds is 7. The number of carbonyl (C=O) groups is 1. The first-order valence-electron chi connectivity index (χ1n) is 9.05. The molecule has 12 nitrogen and oxygen atoms in total. The van der Waals surface area contributed by atoms with Gasteiger partial charge in [-0.1, -0.05) is 6.08 Å². The molecule has 0 bridgehead atoms. The number of aliphatic hydroxyl groups excluding tert-OH is 7. The van der Waals surface area contributed by atoms with Crippen LogP contribution in [0.15, 0.2) is 11.6 Å². The van der Waals surface area contributed by atoms with Gasteiger partial charge in [-0.2, -0.15) is 0 Å². The molecule has 0 aromatic rings. The first kappa shape index (κ1) is 24.1. The summed E-state index contributed by atoms with van der Waals surface area (Å²) >= 11 is 0. The third-order valence-corrected chi connectivity index (χ3v) is 5.02. The quantitative estimate of drug-likeness (QED) is 0.155. The zero-order valence-corrected chi connectivity index (χ0v) is 16.0. The molecule has 2 aliphatic rings. The van der Waals surface area contributed by atoms with Gasteiger partial charge in [-0.05, 0) is 13.8 Å². The van der Waals surface area contributed by atoms with Crippen molar-refractivity contribution < 1.29 is 59.5 Å². The van der Waals surface area contributed by atoms with Crippen LogP contribution in [0.4, 0.5) is 0 Å². The lowest BCUT2D eigenvalue weighted by atomic mass is 9.99. The molecular weight excluding hydrogens is 396 g/mol. The van der Waals surface area contributed by atoms with Gasteiger partial charge in [-0.25, -0.2) is 4.79 Å². The van der Waals surface area contributed by atoms with Gasteiger partial charge >= 0.3 is 5.97 Å². The summed E-state index contributed by atoms with van der Waals surface area (Å²) in [4.78, 5) is 11.8. The average molecular weight is 424 g/mol. The second-order valence-corrected chi connectivity index (χ2v) is 6.95. The molecular formula is C17H28O12. The van der Waals surface area contributed by atoms with Gasteiger partial charge < -0.3 is 54.7 Å². The van der Waals surface area contributed by atoms with Crippen molar-refractivity contribution >= 4 is 5.97 Å². The standard InChI is InChI=1S/C17H28O12/c1-3-7(2)15(25)26-5-9-10(20)12(22)13(23)16(27-9)29-17(6-19)14(24)11(21)8(4-18)28-17/h3,8-14,16,18-24H,4-6H2,1-2H3/t8-,9-,10-,11-,12+,13-,14+,16-,17+/m1/s1. The van der Waals surface area contributed by atoms with Crippen LogP contribution in [0.2, 0.25) is 0 Å². The van der Waals surface area contributed by atoms with Crippen molar-refractivity contribution in [2.45, 2.75) is 68.7 Å². The van der Waals surface area contributed by atoms with Crippen LogP contribution in [-0.2, 0) is 23.7 Å². The minimum Gasteiger partial charge on any atom is -0.459 e. The maximum absolute atomic E-state index is 11.8. The fourth-order valence-electron chi connectivity index (χ4n) is 3.01. The lowest BCUT2D eigenvalue weighted by molar-refractivity contribution is -0.383. The van der Waals surface area contributed by atoms with Crippen LogP contribution >= 0.6 is 0 Å². The summed E-state index contributed by atoms with van der Waals surface area (Å²) in [5.41, 5.74) is 0.300. The van der Waals surface area contributed by atoms with Gasteiger partial charge in [0.1, 0.15) is 55.9 Å². The van der Waals surface area contributed by atoms with Crippen LogP contribution in [0, 0.1) is 0 Å². The van der Waals surface area contributed by atoms with E-state index in [-0.39, 0.29) is 0 Å². The Bertz CT molecular complexity index is 597. The van der Waals surface area contributed by atoms with Crippen LogP contribution < -0.4 is 0 Å². The van der Waals surface area contributed by atoms with E-state index >= 15 is 0 Å². The zero-order chi connectivity index (χ0) is 21.9. The highest BCUT2D eigenvalue weighted by atomic mass is 16.8. The Morgan fingerprint density at radius 3 is 2.21 bits per heavy atom. The highest BCUT2D eigenvalue weighted by Crippen LogP contribution is 2.36. The first-order chi connectivity index (χ1) is 13.6. The molecule has 0 aromatic carbocycles. The predicted octanol–water partition coefficient (Wildman–Crippen LogP) is -3.88. The van der Waals surface area contributed by atoms with Gasteiger partial charge in [-0.15, -0.1) is 0 Å². The number of allylic oxidation sites excluding steroid dienone is 1. The van der Waals surface area contributed by atoms with E-state index in [1.165, 1.54) is 13.0 Å². The van der Waals surface area contributed by atoms with E-state index in [4.69, 9.17) is 18.9 Å². The summed E-state index contributed by atoms with van der Waals surface area (Å²) in [6.45, 7) is 0.959. The molecule has 2 heterocycles. The number of hydrogen-bond acceptors (Lipinski definition) is 12. The molecule has 2 fully saturated rings. The van der Waals surface area contributed by atoms with E-state index in [0.29, 0.717) is 5.57 Å². The van der Waals surface area contributed by atoms with Crippen molar-refractivity contribution in [1.29, 1.82) is 0 Å². The van der Waals surface area contributed by atoms with Crippen LogP contribution in [0.25, 0.3) is 0 Å². The summed E-state index contributed by atoms with van der Waals surface area (Å²) in [6.07, 6.45) is -11.5. The zero-order valence-electron chi connectivity index (χ0n) is 16.0. The van der Waals surface area contributed by atoms with Crippen molar-refractivity contribution in [2.24, 2.45) is 0 Å². The minimum atomic E-state index is -2.27. The van der Waals surface area contributed by atoms with Gasteiger partial charge in [-0.3, -0.25) is 0 Å². The molecule has 0 unspecified atom stereocenters. The van der Waals surface area contributed by atoms with E-state index in [0.717, 1.165) is 0 Å². The van der Waals surface area contributed by atoms with E-state index in [2.05, 4.69) is 0 Å². The lowest BCUT2D eigenvalue weighted by Crippen LogP contribution is -2.62. The number of aliphatic hydroxyl groups is 7. The van der Waals surface area contributed by atoms with Crippen LogP contribution in [0.1, 0.15) is 13.8 Å². The van der Waals surface area contributed by atoms with Crippen LogP contribution in [-0.4, -0.2) is 116 Å². The molecule has 0 aromatic heterocycles. The fourth-order valence-corrected chi connectivity index (χ4v) is 3.01.